The van der Waals surface area contributed by atoms with Gasteiger partial charge in [0.2, 0.25) is 0 Å². The SMILES string of the molecule is CC1=C(C)[CH2][Ge]([Br])([Br])[CH2]1. The van der Waals surface area contributed by atoms with Gasteiger partial charge in [0, 0.05) is 0 Å². The first-order chi connectivity index (χ1) is 4.01. The van der Waals surface area contributed by atoms with Crippen molar-refractivity contribution in [1.29, 1.82) is 0 Å². The van der Waals surface area contributed by atoms with Gasteiger partial charge in [0.05, 0.1) is 0 Å². The molecule has 0 radical (unpaired) electrons. The van der Waals surface area contributed by atoms with E-state index in [-0.39, 0.29) is 0 Å². The average molecular weight is 315 g/mol. The standard InChI is InChI=1S/C6H10Br2Ge/c1-5-3-9(7,8)4-6(5)2/h3-4H2,1-2H3. The molecule has 0 aromatic rings. The van der Waals surface area contributed by atoms with Crippen LogP contribution in [0.3, 0.4) is 0 Å². The summed E-state index contributed by atoms with van der Waals surface area (Å²) in [6.07, 6.45) is 0. The van der Waals surface area contributed by atoms with Gasteiger partial charge < -0.3 is 0 Å². The Morgan fingerprint density at radius 2 is 1.44 bits per heavy atom. The van der Waals surface area contributed by atoms with Crippen LogP contribution in [0, 0.1) is 0 Å². The minimum atomic E-state index is -1.57. The Hall–Kier alpha value is 1.24. The van der Waals surface area contributed by atoms with Crippen LogP contribution in [-0.4, -0.2) is 9.58 Å². The van der Waals surface area contributed by atoms with E-state index in [1.807, 2.05) is 0 Å². The molecule has 1 rings (SSSR count). The molecule has 1 heterocycles. The van der Waals surface area contributed by atoms with E-state index < -0.39 is 9.58 Å². The second kappa shape index (κ2) is 2.70. The Morgan fingerprint density at radius 1 is 1.11 bits per heavy atom. The van der Waals surface area contributed by atoms with E-state index in [1.54, 1.807) is 11.1 Å². The number of allylic oxidation sites excluding steroid dienone is 2. The third-order valence-electron chi connectivity index (χ3n) is 1.78. The Morgan fingerprint density at radius 3 is 1.56 bits per heavy atom. The van der Waals surface area contributed by atoms with Crippen LogP contribution in [0.4, 0.5) is 0 Å². The summed E-state index contributed by atoms with van der Waals surface area (Å²) in [5, 5.41) is 2.65. The summed E-state index contributed by atoms with van der Waals surface area (Å²) in [6, 6.07) is 0. The van der Waals surface area contributed by atoms with E-state index in [9.17, 15) is 0 Å². The van der Waals surface area contributed by atoms with E-state index in [2.05, 4.69) is 41.9 Å². The van der Waals surface area contributed by atoms with Gasteiger partial charge in [-0.3, -0.25) is 0 Å². The fraction of sp³-hybridized carbons (Fsp3) is 0.667. The summed E-state index contributed by atoms with van der Waals surface area (Å²) in [5.41, 5.74) is 3.20. The van der Waals surface area contributed by atoms with Crippen molar-refractivity contribution < 1.29 is 0 Å². The zero-order valence-corrected chi connectivity index (χ0v) is 10.9. The topological polar surface area (TPSA) is 0 Å². The fourth-order valence-corrected chi connectivity index (χ4v) is 14.7. The predicted octanol–water partition coefficient (Wildman–Crippen LogP) is 3.57. The summed E-state index contributed by atoms with van der Waals surface area (Å²) in [5.74, 6) is 0. The molecule has 0 N–H and O–H groups in total. The Labute approximate surface area is 72.7 Å². The molecule has 0 amide bonds. The van der Waals surface area contributed by atoms with Gasteiger partial charge >= 0.3 is 73.1 Å². The molecule has 0 spiro atoms. The van der Waals surface area contributed by atoms with Crippen LogP contribution in [0.5, 0.6) is 0 Å². The number of rotatable bonds is 0. The summed E-state index contributed by atoms with van der Waals surface area (Å²) < 4.78 is 0. The molecular weight excluding hydrogens is 304 g/mol. The summed E-state index contributed by atoms with van der Waals surface area (Å²) >= 11 is 7.57. The van der Waals surface area contributed by atoms with Crippen molar-refractivity contribution in [3.63, 3.8) is 0 Å². The quantitative estimate of drug-likeness (QED) is 0.474. The maximum absolute atomic E-state index is 3.79. The predicted molar refractivity (Wildman–Crippen MR) is 51.6 cm³/mol. The molecule has 0 aromatic heterocycles. The molecule has 0 saturated heterocycles. The maximum atomic E-state index is 3.79. The second-order valence-electron chi connectivity index (χ2n) is 2.77. The zero-order valence-electron chi connectivity index (χ0n) is 5.67. The van der Waals surface area contributed by atoms with E-state index in [1.165, 1.54) is 10.5 Å². The first kappa shape index (κ1) is 8.34. The van der Waals surface area contributed by atoms with Crippen molar-refractivity contribution in [2.75, 3.05) is 0 Å². The summed E-state index contributed by atoms with van der Waals surface area (Å²) in [4.78, 5) is 0. The molecule has 0 bridgehead atoms. The van der Waals surface area contributed by atoms with Gasteiger partial charge in [0.15, 0.2) is 0 Å². The van der Waals surface area contributed by atoms with Crippen molar-refractivity contribution in [3.8, 4) is 0 Å². The van der Waals surface area contributed by atoms with Crippen LogP contribution >= 0.6 is 28.0 Å². The number of hydrogen-bond acceptors (Lipinski definition) is 0. The average Bonchev–Trinajstić information content (AvgIpc) is 1.79. The number of halogens is 2. The molecule has 1 aliphatic rings. The molecule has 1 aliphatic heterocycles. The zero-order chi connectivity index (χ0) is 7.07. The molecule has 9 heavy (non-hydrogen) atoms. The molecule has 3 heteroatoms. The molecule has 0 saturated carbocycles. The Bertz CT molecular complexity index is 144. The number of hydrogen-bond donors (Lipinski definition) is 0. The van der Waals surface area contributed by atoms with Gasteiger partial charge in [-0.1, -0.05) is 0 Å². The van der Waals surface area contributed by atoms with Crippen molar-refractivity contribution in [3.05, 3.63) is 11.1 Å². The van der Waals surface area contributed by atoms with Gasteiger partial charge in [0.1, 0.15) is 0 Å². The van der Waals surface area contributed by atoms with Crippen molar-refractivity contribution in [1.82, 2.24) is 0 Å². The molecule has 0 nitrogen and oxygen atoms in total. The van der Waals surface area contributed by atoms with Gasteiger partial charge in [-0.25, -0.2) is 0 Å². The van der Waals surface area contributed by atoms with Crippen LogP contribution in [0.15, 0.2) is 11.1 Å². The first-order valence-corrected chi connectivity index (χ1v) is 15.8. The van der Waals surface area contributed by atoms with Gasteiger partial charge in [-0.15, -0.1) is 0 Å². The molecule has 0 unspecified atom stereocenters. The fourth-order valence-electron chi connectivity index (χ4n) is 1.14. The van der Waals surface area contributed by atoms with Crippen LogP contribution in [0.1, 0.15) is 13.8 Å². The molecule has 0 fully saturated rings. The summed E-state index contributed by atoms with van der Waals surface area (Å²) in [6.45, 7) is 4.48. The van der Waals surface area contributed by atoms with Crippen molar-refractivity contribution in [2.45, 2.75) is 24.4 Å². The van der Waals surface area contributed by atoms with Gasteiger partial charge in [0.25, 0.3) is 0 Å². The molecule has 0 aliphatic carbocycles. The van der Waals surface area contributed by atoms with Crippen molar-refractivity contribution in [2.24, 2.45) is 0 Å². The second-order valence-corrected chi connectivity index (χ2v) is 29.2. The van der Waals surface area contributed by atoms with Crippen LogP contribution in [0.2, 0.25) is 10.5 Å². The Kier molecular flexibility index (Phi) is 2.50. The summed E-state index contributed by atoms with van der Waals surface area (Å²) in [7, 11) is -1.57. The third-order valence-corrected chi connectivity index (χ3v) is 12.0. The molecular formula is C6H10Br2Ge. The van der Waals surface area contributed by atoms with Crippen LogP contribution in [-0.2, 0) is 0 Å². The van der Waals surface area contributed by atoms with Gasteiger partial charge in [-0.05, 0) is 0 Å². The normalized spacial score (nSPS) is 25.3. The van der Waals surface area contributed by atoms with Crippen LogP contribution < -0.4 is 0 Å². The molecule has 0 aromatic carbocycles. The van der Waals surface area contributed by atoms with Crippen LogP contribution in [0.25, 0.3) is 0 Å². The third kappa shape index (κ3) is 2.09. The van der Waals surface area contributed by atoms with E-state index in [0.29, 0.717) is 0 Å². The monoisotopic (exact) mass is 314 g/mol. The van der Waals surface area contributed by atoms with E-state index in [0.717, 1.165) is 0 Å². The van der Waals surface area contributed by atoms with Gasteiger partial charge in [-0.2, -0.15) is 0 Å². The molecule has 52 valence electrons. The van der Waals surface area contributed by atoms with E-state index in [4.69, 9.17) is 0 Å². The molecule has 0 atom stereocenters. The first-order valence-electron chi connectivity index (χ1n) is 3.04. The minimum absolute atomic E-state index is 1.33. The van der Waals surface area contributed by atoms with E-state index >= 15 is 0 Å². The Balaban J connectivity index is 2.70. The van der Waals surface area contributed by atoms with Crippen molar-refractivity contribution >= 4 is 37.6 Å².